The number of rotatable bonds is 6. The number of anilines is 2. The summed E-state index contributed by atoms with van der Waals surface area (Å²) in [6, 6.07) is 4.80. The van der Waals surface area contributed by atoms with Crippen LogP contribution >= 0.6 is 0 Å². The Bertz CT molecular complexity index is 645. The number of amides is 1. The molecule has 112 valence electrons. The molecule has 0 fully saturated rings. The molecule has 0 radical (unpaired) electrons. The summed E-state index contributed by atoms with van der Waals surface area (Å²) in [7, 11) is 0. The van der Waals surface area contributed by atoms with Crippen molar-refractivity contribution in [1.29, 1.82) is 0 Å². The Morgan fingerprint density at radius 1 is 1.43 bits per heavy atom. The molecule has 0 saturated heterocycles. The Labute approximate surface area is 122 Å². The van der Waals surface area contributed by atoms with Crippen molar-refractivity contribution in [3.05, 3.63) is 30.2 Å². The number of pyridine rings is 1. The Balaban J connectivity index is 2.10. The van der Waals surface area contributed by atoms with Crippen LogP contribution in [0, 0.1) is 5.82 Å². The highest BCUT2D eigenvalue weighted by Gasteiger charge is 2.11. The number of halogens is 1. The Kier molecular flexibility index (Phi) is 4.92. The zero-order valence-corrected chi connectivity index (χ0v) is 11.9. The molecule has 0 aliphatic carbocycles. The molecule has 6 heteroatoms. The standard InChI is InChI=1S/C15H19FN4O/c1-2-6-18-13(21)5-8-20-15-11(16)9-12(17)10-4-3-7-19-14(10)15/h3-4,7,9,20H,2,5-6,8,17H2,1H3,(H,18,21). The van der Waals surface area contributed by atoms with Crippen molar-refractivity contribution in [2.75, 3.05) is 24.1 Å². The van der Waals surface area contributed by atoms with Crippen molar-refractivity contribution in [2.45, 2.75) is 19.8 Å². The summed E-state index contributed by atoms with van der Waals surface area (Å²) in [6.07, 6.45) is 2.75. The summed E-state index contributed by atoms with van der Waals surface area (Å²) in [4.78, 5) is 15.7. The molecule has 2 aromatic rings. The maximum Gasteiger partial charge on any atom is 0.221 e. The van der Waals surface area contributed by atoms with Gasteiger partial charge in [0, 0.05) is 36.8 Å². The van der Waals surface area contributed by atoms with Gasteiger partial charge in [-0.1, -0.05) is 6.92 Å². The lowest BCUT2D eigenvalue weighted by Crippen LogP contribution is -2.26. The topological polar surface area (TPSA) is 80.0 Å². The summed E-state index contributed by atoms with van der Waals surface area (Å²) in [5.41, 5.74) is 6.89. The smallest absolute Gasteiger partial charge is 0.221 e. The first-order chi connectivity index (χ1) is 10.1. The van der Waals surface area contributed by atoms with Crippen molar-refractivity contribution in [3.63, 3.8) is 0 Å². The maximum atomic E-state index is 14.0. The Morgan fingerprint density at radius 2 is 2.24 bits per heavy atom. The predicted molar refractivity (Wildman–Crippen MR) is 82.5 cm³/mol. The molecule has 1 aromatic carbocycles. The van der Waals surface area contributed by atoms with Gasteiger partial charge in [0.25, 0.3) is 0 Å². The number of hydrogen-bond acceptors (Lipinski definition) is 4. The average molecular weight is 290 g/mol. The lowest BCUT2D eigenvalue weighted by molar-refractivity contribution is -0.120. The van der Waals surface area contributed by atoms with E-state index in [1.807, 2.05) is 6.92 Å². The second kappa shape index (κ2) is 6.88. The maximum absolute atomic E-state index is 14.0. The van der Waals surface area contributed by atoms with Gasteiger partial charge in [-0.15, -0.1) is 0 Å². The third-order valence-electron chi connectivity index (χ3n) is 3.10. The number of nitrogen functional groups attached to an aromatic ring is 1. The number of nitrogens with one attached hydrogen (secondary N) is 2. The molecule has 5 nitrogen and oxygen atoms in total. The third-order valence-corrected chi connectivity index (χ3v) is 3.10. The predicted octanol–water partition coefficient (Wildman–Crippen LogP) is 2.28. The van der Waals surface area contributed by atoms with E-state index in [1.54, 1.807) is 18.3 Å². The van der Waals surface area contributed by atoms with Crippen LogP contribution in [0.25, 0.3) is 10.9 Å². The molecular weight excluding hydrogens is 271 g/mol. The zero-order chi connectivity index (χ0) is 15.2. The average Bonchev–Trinajstić information content (AvgIpc) is 2.48. The quantitative estimate of drug-likeness (QED) is 0.713. The molecular formula is C15H19FN4O. The van der Waals surface area contributed by atoms with Gasteiger partial charge in [-0.3, -0.25) is 9.78 Å². The molecule has 1 amide bonds. The second-order valence-electron chi connectivity index (χ2n) is 4.75. The largest absolute Gasteiger partial charge is 0.398 e. The number of benzene rings is 1. The summed E-state index contributed by atoms with van der Waals surface area (Å²) in [6.45, 7) is 2.97. The molecule has 0 bridgehead atoms. The molecule has 1 heterocycles. The van der Waals surface area contributed by atoms with Gasteiger partial charge >= 0.3 is 0 Å². The molecule has 0 aliphatic rings. The Hall–Kier alpha value is -2.37. The first-order valence-corrected chi connectivity index (χ1v) is 6.96. The highest BCUT2D eigenvalue weighted by molar-refractivity contribution is 5.98. The lowest BCUT2D eigenvalue weighted by atomic mass is 10.1. The fraction of sp³-hybridized carbons (Fsp3) is 0.333. The highest BCUT2D eigenvalue weighted by atomic mass is 19.1. The SMILES string of the molecule is CCCNC(=O)CCNc1c(F)cc(N)c2cccnc12. The molecule has 0 aliphatic heterocycles. The summed E-state index contributed by atoms with van der Waals surface area (Å²) >= 11 is 0. The summed E-state index contributed by atoms with van der Waals surface area (Å²) in [5, 5.41) is 6.40. The summed E-state index contributed by atoms with van der Waals surface area (Å²) < 4.78 is 14.0. The monoisotopic (exact) mass is 290 g/mol. The van der Waals surface area contributed by atoms with Gasteiger partial charge in [0.05, 0.1) is 11.2 Å². The van der Waals surface area contributed by atoms with E-state index in [4.69, 9.17) is 5.73 Å². The van der Waals surface area contributed by atoms with Crippen LogP contribution in [0.1, 0.15) is 19.8 Å². The first-order valence-electron chi connectivity index (χ1n) is 6.96. The molecule has 21 heavy (non-hydrogen) atoms. The van der Waals surface area contributed by atoms with Crippen molar-refractivity contribution in [3.8, 4) is 0 Å². The molecule has 0 atom stereocenters. The lowest BCUT2D eigenvalue weighted by Gasteiger charge is -2.12. The zero-order valence-electron chi connectivity index (χ0n) is 11.9. The van der Waals surface area contributed by atoms with Crippen LogP contribution in [-0.2, 0) is 4.79 Å². The van der Waals surface area contributed by atoms with Crippen LogP contribution in [0.4, 0.5) is 15.8 Å². The molecule has 0 saturated carbocycles. The van der Waals surface area contributed by atoms with Gasteiger partial charge in [0.1, 0.15) is 0 Å². The van der Waals surface area contributed by atoms with Gasteiger partial charge in [-0.05, 0) is 24.6 Å². The van der Waals surface area contributed by atoms with E-state index in [0.29, 0.717) is 29.7 Å². The number of fused-ring (bicyclic) bond motifs is 1. The van der Waals surface area contributed by atoms with E-state index in [-0.39, 0.29) is 18.0 Å². The van der Waals surface area contributed by atoms with Crippen LogP contribution in [-0.4, -0.2) is 24.0 Å². The van der Waals surface area contributed by atoms with Crippen molar-refractivity contribution in [1.82, 2.24) is 10.3 Å². The number of carbonyl (C=O) groups is 1. The van der Waals surface area contributed by atoms with Crippen molar-refractivity contribution in [2.24, 2.45) is 0 Å². The Morgan fingerprint density at radius 3 is 3.00 bits per heavy atom. The van der Waals surface area contributed by atoms with Crippen LogP contribution in [0.2, 0.25) is 0 Å². The van der Waals surface area contributed by atoms with Gasteiger partial charge in [-0.25, -0.2) is 4.39 Å². The van der Waals surface area contributed by atoms with Crippen LogP contribution < -0.4 is 16.4 Å². The molecule has 2 rings (SSSR count). The second-order valence-corrected chi connectivity index (χ2v) is 4.75. The number of hydrogen-bond donors (Lipinski definition) is 3. The van der Waals surface area contributed by atoms with E-state index in [2.05, 4.69) is 15.6 Å². The number of aromatic nitrogens is 1. The first kappa shape index (κ1) is 15.0. The van der Waals surface area contributed by atoms with E-state index in [0.717, 1.165) is 6.42 Å². The fourth-order valence-electron chi connectivity index (χ4n) is 2.06. The summed E-state index contributed by atoms with van der Waals surface area (Å²) in [5.74, 6) is -0.523. The van der Waals surface area contributed by atoms with Crippen molar-refractivity contribution >= 4 is 28.2 Å². The minimum Gasteiger partial charge on any atom is -0.398 e. The molecule has 0 spiro atoms. The minimum absolute atomic E-state index is 0.0579. The van der Waals surface area contributed by atoms with Crippen LogP contribution in [0.3, 0.4) is 0 Å². The van der Waals surface area contributed by atoms with E-state index >= 15 is 0 Å². The van der Waals surface area contributed by atoms with E-state index in [1.165, 1.54) is 6.07 Å². The van der Waals surface area contributed by atoms with Crippen molar-refractivity contribution < 1.29 is 9.18 Å². The number of nitrogens with zero attached hydrogens (tertiary/aromatic N) is 1. The van der Waals surface area contributed by atoms with Gasteiger partial charge < -0.3 is 16.4 Å². The molecule has 4 N–H and O–H groups in total. The highest BCUT2D eigenvalue weighted by Crippen LogP contribution is 2.29. The third kappa shape index (κ3) is 3.59. The molecule has 0 unspecified atom stereocenters. The van der Waals surface area contributed by atoms with Crippen LogP contribution in [0.5, 0.6) is 0 Å². The molecule has 1 aromatic heterocycles. The number of carbonyl (C=O) groups excluding carboxylic acids is 1. The normalized spacial score (nSPS) is 10.6. The van der Waals surface area contributed by atoms with Crippen LogP contribution in [0.15, 0.2) is 24.4 Å². The van der Waals surface area contributed by atoms with E-state index < -0.39 is 5.82 Å². The van der Waals surface area contributed by atoms with Gasteiger partial charge in [0.2, 0.25) is 5.91 Å². The minimum atomic E-state index is -0.465. The number of nitrogens with two attached hydrogens (primary N) is 1. The van der Waals surface area contributed by atoms with Gasteiger partial charge in [-0.2, -0.15) is 0 Å². The van der Waals surface area contributed by atoms with Gasteiger partial charge in [0.15, 0.2) is 5.82 Å². The fourth-order valence-corrected chi connectivity index (χ4v) is 2.06. The van der Waals surface area contributed by atoms with E-state index in [9.17, 15) is 9.18 Å².